The Balaban J connectivity index is 1.99. The summed E-state index contributed by atoms with van der Waals surface area (Å²) in [6.45, 7) is 0.844. The van der Waals surface area contributed by atoms with Gasteiger partial charge in [-0.25, -0.2) is 0 Å². The maximum atomic E-state index is 9.90. The Labute approximate surface area is 107 Å². The molecule has 0 aromatic carbocycles. The van der Waals surface area contributed by atoms with Crippen LogP contribution in [0.4, 0.5) is 0 Å². The van der Waals surface area contributed by atoms with Crippen LogP contribution in [0.5, 0.6) is 0 Å². The summed E-state index contributed by atoms with van der Waals surface area (Å²) in [4.78, 5) is 0. The SMILES string of the molecule is OC(CCCCCCI)C1CCCCO1. The van der Waals surface area contributed by atoms with E-state index in [0.717, 1.165) is 25.9 Å². The smallest absolute Gasteiger partial charge is 0.0833 e. The van der Waals surface area contributed by atoms with Gasteiger partial charge in [-0.3, -0.25) is 0 Å². The lowest BCUT2D eigenvalue weighted by atomic mass is 9.99. The molecule has 15 heavy (non-hydrogen) atoms. The predicted molar refractivity (Wildman–Crippen MR) is 71.6 cm³/mol. The van der Waals surface area contributed by atoms with Crippen LogP contribution in [0.25, 0.3) is 0 Å². The van der Waals surface area contributed by atoms with E-state index in [2.05, 4.69) is 22.6 Å². The predicted octanol–water partition coefficient (Wildman–Crippen LogP) is 3.30. The Morgan fingerprint density at radius 3 is 2.67 bits per heavy atom. The molecule has 1 saturated heterocycles. The Morgan fingerprint density at radius 2 is 2.00 bits per heavy atom. The lowest BCUT2D eigenvalue weighted by molar-refractivity contribution is -0.0648. The molecule has 2 unspecified atom stereocenters. The van der Waals surface area contributed by atoms with Gasteiger partial charge < -0.3 is 9.84 Å². The van der Waals surface area contributed by atoms with Crippen LogP contribution in [0.15, 0.2) is 0 Å². The molecular weight excluding hydrogens is 303 g/mol. The Hall–Kier alpha value is 0.650. The van der Waals surface area contributed by atoms with E-state index in [1.165, 1.54) is 36.5 Å². The molecule has 1 rings (SSSR count). The molecular formula is C12H23IO2. The van der Waals surface area contributed by atoms with Gasteiger partial charge in [-0.15, -0.1) is 0 Å². The van der Waals surface area contributed by atoms with Crippen LogP contribution in [0, 0.1) is 0 Å². The summed E-state index contributed by atoms with van der Waals surface area (Å²) in [5.74, 6) is 0. The Morgan fingerprint density at radius 1 is 1.20 bits per heavy atom. The fraction of sp³-hybridized carbons (Fsp3) is 1.00. The monoisotopic (exact) mass is 326 g/mol. The molecule has 0 aliphatic carbocycles. The van der Waals surface area contributed by atoms with E-state index in [1.807, 2.05) is 0 Å². The van der Waals surface area contributed by atoms with Crippen molar-refractivity contribution in [2.45, 2.75) is 63.6 Å². The molecule has 0 amide bonds. The highest BCUT2D eigenvalue weighted by Crippen LogP contribution is 2.19. The van der Waals surface area contributed by atoms with Gasteiger partial charge in [0.15, 0.2) is 0 Å². The van der Waals surface area contributed by atoms with E-state index < -0.39 is 0 Å². The van der Waals surface area contributed by atoms with Crippen LogP contribution in [0.1, 0.15) is 51.4 Å². The van der Waals surface area contributed by atoms with Gasteiger partial charge >= 0.3 is 0 Å². The first-order valence-electron chi connectivity index (χ1n) is 6.20. The zero-order valence-corrected chi connectivity index (χ0v) is 11.6. The van der Waals surface area contributed by atoms with Crippen molar-refractivity contribution in [1.29, 1.82) is 0 Å². The van der Waals surface area contributed by atoms with E-state index >= 15 is 0 Å². The number of hydrogen-bond acceptors (Lipinski definition) is 2. The summed E-state index contributed by atoms with van der Waals surface area (Å²) in [5.41, 5.74) is 0. The van der Waals surface area contributed by atoms with Crippen molar-refractivity contribution in [2.24, 2.45) is 0 Å². The molecule has 0 saturated carbocycles. The number of unbranched alkanes of at least 4 members (excludes halogenated alkanes) is 3. The van der Waals surface area contributed by atoms with Gasteiger partial charge in [-0.05, 0) is 36.5 Å². The molecule has 0 aromatic rings. The third-order valence-electron chi connectivity index (χ3n) is 3.03. The van der Waals surface area contributed by atoms with Crippen LogP contribution in [0.3, 0.4) is 0 Å². The number of aliphatic hydroxyl groups excluding tert-OH is 1. The molecule has 1 aliphatic rings. The van der Waals surface area contributed by atoms with Gasteiger partial charge in [-0.2, -0.15) is 0 Å². The molecule has 3 heteroatoms. The molecule has 1 aliphatic heterocycles. The Kier molecular flexibility index (Phi) is 8.01. The highest BCUT2D eigenvalue weighted by molar-refractivity contribution is 14.1. The van der Waals surface area contributed by atoms with Crippen molar-refractivity contribution in [3.05, 3.63) is 0 Å². The summed E-state index contributed by atoms with van der Waals surface area (Å²) in [5, 5.41) is 9.90. The normalized spacial score (nSPS) is 24.0. The van der Waals surface area contributed by atoms with Crippen LogP contribution in [0.2, 0.25) is 0 Å². The van der Waals surface area contributed by atoms with Gasteiger partial charge in [0, 0.05) is 6.61 Å². The number of rotatable bonds is 7. The second-order valence-electron chi connectivity index (χ2n) is 4.36. The average Bonchev–Trinajstić information content (AvgIpc) is 2.30. The maximum Gasteiger partial charge on any atom is 0.0833 e. The van der Waals surface area contributed by atoms with Crippen molar-refractivity contribution in [3.63, 3.8) is 0 Å². The molecule has 90 valence electrons. The second kappa shape index (κ2) is 8.76. The first-order valence-corrected chi connectivity index (χ1v) is 7.73. The average molecular weight is 326 g/mol. The van der Waals surface area contributed by atoms with Crippen LogP contribution in [-0.4, -0.2) is 28.3 Å². The number of ether oxygens (including phenoxy) is 1. The maximum absolute atomic E-state index is 9.90. The number of halogens is 1. The van der Waals surface area contributed by atoms with Crippen molar-refractivity contribution in [1.82, 2.24) is 0 Å². The zero-order valence-electron chi connectivity index (χ0n) is 9.46. The fourth-order valence-electron chi connectivity index (χ4n) is 2.06. The standard InChI is InChI=1S/C12H23IO2/c13-9-5-2-1-3-7-11(14)12-8-4-6-10-15-12/h11-12,14H,1-10H2. The van der Waals surface area contributed by atoms with E-state index in [4.69, 9.17) is 4.74 Å². The van der Waals surface area contributed by atoms with Crippen LogP contribution in [-0.2, 0) is 4.74 Å². The van der Waals surface area contributed by atoms with Gasteiger partial charge in [0.05, 0.1) is 12.2 Å². The number of alkyl halides is 1. The highest BCUT2D eigenvalue weighted by Gasteiger charge is 2.21. The second-order valence-corrected chi connectivity index (χ2v) is 5.44. The van der Waals surface area contributed by atoms with Crippen molar-refractivity contribution in [2.75, 3.05) is 11.0 Å². The quantitative estimate of drug-likeness (QED) is 0.442. The molecule has 0 bridgehead atoms. The summed E-state index contributed by atoms with van der Waals surface area (Å²) < 4.78 is 6.82. The first-order chi connectivity index (χ1) is 7.34. The summed E-state index contributed by atoms with van der Waals surface area (Å²) in [6.07, 6.45) is 9.30. The van der Waals surface area contributed by atoms with E-state index in [0.29, 0.717) is 0 Å². The number of hydrogen-bond donors (Lipinski definition) is 1. The molecule has 2 nitrogen and oxygen atoms in total. The molecule has 0 spiro atoms. The fourth-order valence-corrected chi connectivity index (χ4v) is 2.60. The van der Waals surface area contributed by atoms with Gasteiger partial charge in [0.2, 0.25) is 0 Å². The van der Waals surface area contributed by atoms with E-state index in [-0.39, 0.29) is 12.2 Å². The molecule has 1 fully saturated rings. The van der Waals surface area contributed by atoms with Crippen molar-refractivity contribution in [3.8, 4) is 0 Å². The minimum Gasteiger partial charge on any atom is -0.390 e. The van der Waals surface area contributed by atoms with E-state index in [1.54, 1.807) is 0 Å². The largest absolute Gasteiger partial charge is 0.390 e. The van der Waals surface area contributed by atoms with Crippen molar-refractivity contribution < 1.29 is 9.84 Å². The third-order valence-corrected chi connectivity index (χ3v) is 3.79. The molecule has 0 aromatic heterocycles. The van der Waals surface area contributed by atoms with Crippen molar-refractivity contribution >= 4 is 22.6 Å². The zero-order chi connectivity index (χ0) is 10.9. The minimum atomic E-state index is -0.218. The van der Waals surface area contributed by atoms with Crippen LogP contribution >= 0.6 is 22.6 Å². The Bertz CT molecular complexity index is 147. The molecule has 1 N–H and O–H groups in total. The topological polar surface area (TPSA) is 29.5 Å². The van der Waals surface area contributed by atoms with Gasteiger partial charge in [0.1, 0.15) is 0 Å². The lowest BCUT2D eigenvalue weighted by Crippen LogP contribution is -2.32. The summed E-state index contributed by atoms with van der Waals surface area (Å²) in [7, 11) is 0. The summed E-state index contributed by atoms with van der Waals surface area (Å²) >= 11 is 2.42. The molecule has 1 heterocycles. The highest BCUT2D eigenvalue weighted by atomic mass is 127. The third kappa shape index (κ3) is 6.07. The van der Waals surface area contributed by atoms with Crippen LogP contribution < -0.4 is 0 Å². The van der Waals surface area contributed by atoms with Gasteiger partial charge in [0.25, 0.3) is 0 Å². The van der Waals surface area contributed by atoms with E-state index in [9.17, 15) is 5.11 Å². The molecule has 2 atom stereocenters. The van der Waals surface area contributed by atoms with Gasteiger partial charge in [-0.1, -0.05) is 41.9 Å². The first kappa shape index (κ1) is 13.7. The lowest BCUT2D eigenvalue weighted by Gasteiger charge is -2.27. The molecule has 0 radical (unpaired) electrons. The minimum absolute atomic E-state index is 0.128. The number of aliphatic hydroxyl groups is 1. The summed E-state index contributed by atoms with van der Waals surface area (Å²) in [6, 6.07) is 0.